The first-order valence-corrected chi connectivity index (χ1v) is 7.75. The largest absolute Gasteiger partial charge is 0.507 e. The van der Waals surface area contributed by atoms with Gasteiger partial charge < -0.3 is 19.1 Å². The Labute approximate surface area is 150 Å². The molecule has 0 aliphatic heterocycles. The third-order valence-corrected chi connectivity index (χ3v) is 3.79. The molecule has 0 saturated carbocycles. The van der Waals surface area contributed by atoms with Crippen molar-refractivity contribution in [3.05, 3.63) is 63.6 Å². The van der Waals surface area contributed by atoms with Gasteiger partial charge in [0, 0.05) is 18.3 Å². The second-order valence-corrected chi connectivity index (χ2v) is 5.54. The second-order valence-electron chi connectivity index (χ2n) is 5.54. The van der Waals surface area contributed by atoms with Gasteiger partial charge in [0.05, 0.1) is 12.7 Å². The number of allylic oxidation sites excluding steroid dienone is 1. The number of aromatic nitrogens is 1. The number of nitrogens with zero attached hydrogens (tertiary/aromatic N) is 1. The number of esters is 1. The van der Waals surface area contributed by atoms with E-state index in [1.807, 2.05) is 0 Å². The number of pyridine rings is 1. The SMILES string of the molecule is COC(=O)COc1cccc(C(=O)/C=C/c2c(O)cc(C)n(C)c2=O)c1. The highest BCUT2D eigenvalue weighted by atomic mass is 16.6. The molecule has 1 aromatic heterocycles. The van der Waals surface area contributed by atoms with E-state index in [2.05, 4.69) is 4.74 Å². The van der Waals surface area contributed by atoms with Gasteiger partial charge in [-0.15, -0.1) is 0 Å². The van der Waals surface area contributed by atoms with Crippen LogP contribution in [0.3, 0.4) is 0 Å². The molecule has 0 saturated heterocycles. The average molecular weight is 357 g/mol. The number of benzene rings is 1. The van der Waals surface area contributed by atoms with Gasteiger partial charge in [-0.05, 0) is 37.3 Å². The zero-order valence-corrected chi connectivity index (χ0v) is 14.7. The molecular weight excluding hydrogens is 338 g/mol. The number of ether oxygens (including phenoxy) is 2. The maximum absolute atomic E-state index is 12.3. The summed E-state index contributed by atoms with van der Waals surface area (Å²) in [5.74, 6) is -0.767. The van der Waals surface area contributed by atoms with Crippen molar-refractivity contribution >= 4 is 17.8 Å². The van der Waals surface area contributed by atoms with Crippen molar-refractivity contribution in [1.82, 2.24) is 4.57 Å². The van der Waals surface area contributed by atoms with Gasteiger partial charge in [-0.2, -0.15) is 0 Å². The Morgan fingerprint density at radius 1 is 1.27 bits per heavy atom. The highest BCUT2D eigenvalue weighted by Crippen LogP contribution is 2.17. The lowest BCUT2D eigenvalue weighted by molar-refractivity contribution is -0.142. The maximum atomic E-state index is 12.3. The Hall–Kier alpha value is -3.35. The predicted octanol–water partition coefficient (Wildman–Crippen LogP) is 1.85. The number of hydrogen-bond donors (Lipinski definition) is 1. The molecule has 0 aliphatic rings. The van der Waals surface area contributed by atoms with E-state index < -0.39 is 11.5 Å². The number of carbonyl (C=O) groups excluding carboxylic acids is 2. The average Bonchev–Trinajstić information content (AvgIpc) is 2.64. The van der Waals surface area contributed by atoms with Crippen molar-refractivity contribution in [3.63, 3.8) is 0 Å². The summed E-state index contributed by atoms with van der Waals surface area (Å²) >= 11 is 0. The monoisotopic (exact) mass is 357 g/mol. The van der Waals surface area contributed by atoms with E-state index in [4.69, 9.17) is 4.74 Å². The maximum Gasteiger partial charge on any atom is 0.343 e. The number of carbonyl (C=O) groups is 2. The quantitative estimate of drug-likeness (QED) is 0.482. The molecule has 0 unspecified atom stereocenters. The van der Waals surface area contributed by atoms with Crippen LogP contribution in [0.25, 0.3) is 6.08 Å². The minimum atomic E-state index is -0.535. The Morgan fingerprint density at radius 2 is 2.00 bits per heavy atom. The number of rotatable bonds is 6. The van der Waals surface area contributed by atoms with Crippen molar-refractivity contribution in [2.75, 3.05) is 13.7 Å². The Morgan fingerprint density at radius 3 is 2.69 bits per heavy atom. The van der Waals surface area contributed by atoms with Crippen molar-refractivity contribution in [1.29, 1.82) is 0 Å². The van der Waals surface area contributed by atoms with Crippen LogP contribution >= 0.6 is 0 Å². The third-order valence-electron chi connectivity index (χ3n) is 3.79. The molecule has 7 nitrogen and oxygen atoms in total. The minimum Gasteiger partial charge on any atom is -0.507 e. The molecule has 2 rings (SSSR count). The van der Waals surface area contributed by atoms with Crippen LogP contribution in [0.1, 0.15) is 21.6 Å². The van der Waals surface area contributed by atoms with Gasteiger partial charge in [0.2, 0.25) is 0 Å². The molecule has 0 aliphatic carbocycles. The number of aryl methyl sites for hydroxylation is 1. The normalized spacial score (nSPS) is 10.7. The molecule has 26 heavy (non-hydrogen) atoms. The van der Waals surface area contributed by atoms with Gasteiger partial charge >= 0.3 is 5.97 Å². The molecule has 7 heteroatoms. The summed E-state index contributed by atoms with van der Waals surface area (Å²) in [6, 6.07) is 7.71. The zero-order valence-electron chi connectivity index (χ0n) is 14.7. The molecule has 1 N–H and O–H groups in total. The van der Waals surface area contributed by atoms with Crippen LogP contribution in [0.5, 0.6) is 11.5 Å². The summed E-state index contributed by atoms with van der Waals surface area (Å²) in [7, 11) is 2.83. The van der Waals surface area contributed by atoms with Crippen LogP contribution in [-0.4, -0.2) is 35.1 Å². The van der Waals surface area contributed by atoms with Crippen LogP contribution in [0.15, 0.2) is 41.2 Å². The molecule has 0 fully saturated rings. The van der Waals surface area contributed by atoms with Crippen LogP contribution in [0.2, 0.25) is 0 Å². The molecule has 136 valence electrons. The van der Waals surface area contributed by atoms with Crippen LogP contribution in [0, 0.1) is 6.92 Å². The lowest BCUT2D eigenvalue weighted by atomic mass is 10.1. The van der Waals surface area contributed by atoms with Crippen molar-refractivity contribution in [2.45, 2.75) is 6.92 Å². The fourth-order valence-corrected chi connectivity index (χ4v) is 2.18. The number of methoxy groups -OCH3 is 1. The molecular formula is C19H19NO6. The first-order valence-electron chi connectivity index (χ1n) is 7.75. The molecule has 1 aromatic carbocycles. The van der Waals surface area contributed by atoms with Gasteiger partial charge in [-0.3, -0.25) is 9.59 Å². The van der Waals surface area contributed by atoms with Crippen LogP contribution in [0.4, 0.5) is 0 Å². The van der Waals surface area contributed by atoms with Gasteiger partial charge in [0.25, 0.3) is 5.56 Å². The number of aromatic hydroxyl groups is 1. The van der Waals surface area contributed by atoms with E-state index in [-0.39, 0.29) is 23.7 Å². The minimum absolute atomic E-state index is 0.0320. The second kappa shape index (κ2) is 8.15. The Bertz CT molecular complexity index is 926. The van der Waals surface area contributed by atoms with Gasteiger partial charge in [-0.25, -0.2) is 4.79 Å². The summed E-state index contributed by atoms with van der Waals surface area (Å²) in [4.78, 5) is 35.6. The fraction of sp³-hybridized carbons (Fsp3) is 0.211. The van der Waals surface area contributed by atoms with Gasteiger partial charge in [-0.1, -0.05) is 12.1 Å². The molecule has 0 amide bonds. The molecule has 0 bridgehead atoms. The summed E-state index contributed by atoms with van der Waals surface area (Å²) in [6.45, 7) is 1.43. The topological polar surface area (TPSA) is 94.8 Å². The van der Waals surface area contributed by atoms with E-state index in [0.717, 1.165) is 0 Å². The number of hydrogen-bond acceptors (Lipinski definition) is 6. The molecule has 1 heterocycles. The first kappa shape index (κ1) is 19.0. The summed E-state index contributed by atoms with van der Waals surface area (Å²) < 4.78 is 11.1. The lowest BCUT2D eigenvalue weighted by Gasteiger charge is -2.07. The first-order chi connectivity index (χ1) is 12.3. The summed E-state index contributed by atoms with van der Waals surface area (Å²) in [6.07, 6.45) is 2.48. The van der Waals surface area contributed by atoms with E-state index >= 15 is 0 Å². The molecule has 0 radical (unpaired) electrons. The molecule has 0 spiro atoms. The Kier molecular flexibility index (Phi) is 5.95. The fourth-order valence-electron chi connectivity index (χ4n) is 2.18. The Balaban J connectivity index is 2.21. The van der Waals surface area contributed by atoms with E-state index in [1.54, 1.807) is 32.2 Å². The summed E-state index contributed by atoms with van der Waals surface area (Å²) in [5, 5.41) is 9.93. The highest BCUT2D eigenvalue weighted by Gasteiger charge is 2.10. The van der Waals surface area contributed by atoms with Crippen LogP contribution < -0.4 is 10.3 Å². The predicted molar refractivity (Wildman–Crippen MR) is 95.4 cm³/mol. The van der Waals surface area contributed by atoms with Crippen molar-refractivity contribution in [2.24, 2.45) is 7.05 Å². The van der Waals surface area contributed by atoms with Crippen LogP contribution in [-0.2, 0) is 16.6 Å². The lowest BCUT2D eigenvalue weighted by Crippen LogP contribution is -2.21. The van der Waals surface area contributed by atoms with Gasteiger partial charge in [0.15, 0.2) is 12.4 Å². The molecule has 0 atom stereocenters. The van der Waals surface area contributed by atoms with Gasteiger partial charge in [0.1, 0.15) is 11.5 Å². The third kappa shape index (κ3) is 4.38. The highest BCUT2D eigenvalue weighted by molar-refractivity contribution is 6.07. The summed E-state index contributed by atoms with van der Waals surface area (Å²) in [5.41, 5.74) is 0.546. The molecule has 2 aromatic rings. The standard InChI is InChI=1S/C19H19NO6/c1-12-9-17(22)15(19(24)20(12)2)7-8-16(21)13-5-4-6-14(10-13)26-11-18(23)25-3/h4-10,22H,11H2,1-3H3/b8-7+. The smallest absolute Gasteiger partial charge is 0.343 e. The zero-order chi connectivity index (χ0) is 19.3. The van der Waals surface area contributed by atoms with Crippen molar-refractivity contribution in [3.8, 4) is 11.5 Å². The van der Waals surface area contributed by atoms with E-state index in [1.165, 1.54) is 36.0 Å². The van der Waals surface area contributed by atoms with Crippen molar-refractivity contribution < 1.29 is 24.2 Å². The van der Waals surface area contributed by atoms with E-state index in [9.17, 15) is 19.5 Å². The number of ketones is 1. The van der Waals surface area contributed by atoms with E-state index in [0.29, 0.717) is 17.0 Å².